The van der Waals surface area contributed by atoms with Crippen LogP contribution in [0.1, 0.15) is 25.8 Å². The molecule has 0 saturated heterocycles. The quantitative estimate of drug-likeness (QED) is 0.860. The van der Waals surface area contributed by atoms with Crippen molar-refractivity contribution in [2.45, 2.75) is 26.7 Å². The molecule has 0 saturated carbocycles. The van der Waals surface area contributed by atoms with Crippen LogP contribution < -0.4 is 0 Å². The molecule has 0 bridgehead atoms. The third kappa shape index (κ3) is 3.02. The number of aliphatic carboxylic acids is 1. The van der Waals surface area contributed by atoms with Crippen LogP contribution in [0.4, 0.5) is 8.78 Å². The minimum absolute atomic E-state index is 0.283. The molecule has 0 atom stereocenters. The van der Waals surface area contributed by atoms with Gasteiger partial charge in [-0.25, -0.2) is 8.78 Å². The third-order valence-corrected chi connectivity index (χ3v) is 2.61. The molecule has 0 aliphatic carbocycles. The molecule has 0 aromatic heterocycles. The highest BCUT2D eigenvalue weighted by molar-refractivity contribution is 5.73. The monoisotopic (exact) mass is 228 g/mol. The minimum atomic E-state index is -0.921. The van der Waals surface area contributed by atoms with E-state index in [-0.39, 0.29) is 6.42 Å². The second kappa shape index (κ2) is 4.60. The van der Waals surface area contributed by atoms with Gasteiger partial charge in [0, 0.05) is 6.07 Å². The summed E-state index contributed by atoms with van der Waals surface area (Å²) in [6, 6.07) is 3.33. The van der Waals surface area contributed by atoms with Gasteiger partial charge in [-0.1, -0.05) is 6.07 Å². The summed E-state index contributed by atoms with van der Waals surface area (Å²) >= 11 is 0. The van der Waals surface area contributed by atoms with Gasteiger partial charge >= 0.3 is 5.97 Å². The Hall–Kier alpha value is -1.45. The fraction of sp³-hybridized carbons (Fsp3) is 0.417. The zero-order valence-electron chi connectivity index (χ0n) is 9.26. The second-order valence-electron chi connectivity index (χ2n) is 4.42. The molecule has 0 unspecified atom stereocenters. The van der Waals surface area contributed by atoms with E-state index in [0.29, 0.717) is 12.0 Å². The van der Waals surface area contributed by atoms with Gasteiger partial charge in [0.05, 0.1) is 5.41 Å². The molecule has 1 rings (SSSR count). The smallest absolute Gasteiger partial charge is 0.309 e. The topological polar surface area (TPSA) is 37.3 Å². The molecule has 1 aromatic rings. The number of benzene rings is 1. The van der Waals surface area contributed by atoms with Crippen molar-refractivity contribution in [3.05, 3.63) is 35.4 Å². The van der Waals surface area contributed by atoms with Crippen molar-refractivity contribution in [1.29, 1.82) is 0 Å². The molecule has 0 fully saturated rings. The summed E-state index contributed by atoms with van der Waals surface area (Å²) in [6.45, 7) is 3.16. The molecule has 0 spiro atoms. The Kier molecular flexibility index (Phi) is 3.62. The average molecular weight is 228 g/mol. The molecule has 1 N–H and O–H groups in total. The molecule has 0 aliphatic heterocycles. The third-order valence-electron chi connectivity index (χ3n) is 2.61. The van der Waals surface area contributed by atoms with Crippen LogP contribution in [-0.2, 0) is 11.2 Å². The highest BCUT2D eigenvalue weighted by Gasteiger charge is 2.26. The molecule has 4 heteroatoms. The zero-order valence-corrected chi connectivity index (χ0v) is 9.26. The van der Waals surface area contributed by atoms with Gasteiger partial charge in [-0.3, -0.25) is 4.79 Å². The van der Waals surface area contributed by atoms with Gasteiger partial charge in [-0.2, -0.15) is 0 Å². The van der Waals surface area contributed by atoms with Crippen LogP contribution in [-0.4, -0.2) is 11.1 Å². The van der Waals surface area contributed by atoms with Crippen LogP contribution in [0.5, 0.6) is 0 Å². The number of hydrogen-bond donors (Lipinski definition) is 1. The standard InChI is InChI=1S/C12H14F2O2/c1-12(2,11(15)16)6-5-8-3-4-9(13)7-10(8)14/h3-4,7H,5-6H2,1-2H3,(H,15,16). The van der Waals surface area contributed by atoms with Gasteiger partial charge in [0.2, 0.25) is 0 Å². The van der Waals surface area contributed by atoms with Crippen LogP contribution in [0.3, 0.4) is 0 Å². The average Bonchev–Trinajstić information content (AvgIpc) is 2.16. The Labute approximate surface area is 92.9 Å². The second-order valence-corrected chi connectivity index (χ2v) is 4.42. The highest BCUT2D eigenvalue weighted by atomic mass is 19.1. The van der Waals surface area contributed by atoms with Crippen molar-refractivity contribution in [3.63, 3.8) is 0 Å². The summed E-state index contributed by atoms with van der Waals surface area (Å²) in [5.74, 6) is -2.17. The Morgan fingerprint density at radius 1 is 1.38 bits per heavy atom. The van der Waals surface area contributed by atoms with Crippen molar-refractivity contribution in [2.24, 2.45) is 5.41 Å². The lowest BCUT2D eigenvalue weighted by Crippen LogP contribution is -2.24. The van der Waals surface area contributed by atoms with Crippen LogP contribution >= 0.6 is 0 Å². The van der Waals surface area contributed by atoms with Crippen LogP contribution in [0.25, 0.3) is 0 Å². The van der Waals surface area contributed by atoms with E-state index >= 15 is 0 Å². The first-order chi connectivity index (χ1) is 7.33. The summed E-state index contributed by atoms with van der Waals surface area (Å²) < 4.78 is 25.9. The first-order valence-corrected chi connectivity index (χ1v) is 5.00. The van der Waals surface area contributed by atoms with Gasteiger partial charge in [0.1, 0.15) is 11.6 Å². The van der Waals surface area contributed by atoms with Crippen molar-refractivity contribution in [3.8, 4) is 0 Å². The SMILES string of the molecule is CC(C)(CCc1ccc(F)cc1F)C(=O)O. The Bertz CT molecular complexity index is 400. The van der Waals surface area contributed by atoms with E-state index in [1.54, 1.807) is 13.8 Å². The minimum Gasteiger partial charge on any atom is -0.481 e. The maximum atomic E-state index is 13.2. The Morgan fingerprint density at radius 3 is 2.50 bits per heavy atom. The van der Waals surface area contributed by atoms with E-state index in [4.69, 9.17) is 5.11 Å². The Morgan fingerprint density at radius 2 is 2.00 bits per heavy atom. The van der Waals surface area contributed by atoms with Crippen LogP contribution in [0, 0.1) is 17.0 Å². The largest absolute Gasteiger partial charge is 0.481 e. The van der Waals surface area contributed by atoms with Crippen molar-refractivity contribution in [2.75, 3.05) is 0 Å². The summed E-state index contributed by atoms with van der Waals surface area (Å²) in [7, 11) is 0. The lowest BCUT2D eigenvalue weighted by atomic mass is 9.86. The lowest BCUT2D eigenvalue weighted by Gasteiger charge is -2.18. The number of carbonyl (C=O) groups is 1. The highest BCUT2D eigenvalue weighted by Crippen LogP contribution is 2.24. The van der Waals surface area contributed by atoms with E-state index in [1.807, 2.05) is 0 Å². The van der Waals surface area contributed by atoms with Gasteiger partial charge < -0.3 is 5.11 Å². The summed E-state index contributed by atoms with van der Waals surface area (Å²) in [5, 5.41) is 8.88. The van der Waals surface area contributed by atoms with Crippen molar-refractivity contribution >= 4 is 5.97 Å². The van der Waals surface area contributed by atoms with Gasteiger partial charge in [-0.05, 0) is 38.3 Å². The summed E-state index contributed by atoms with van der Waals surface area (Å²) in [4.78, 5) is 10.8. The molecular formula is C12H14F2O2. The maximum Gasteiger partial charge on any atom is 0.309 e. The van der Waals surface area contributed by atoms with Crippen molar-refractivity contribution < 1.29 is 18.7 Å². The number of carboxylic acid groups (broad SMARTS) is 1. The number of halogens is 2. The Balaban J connectivity index is 2.72. The molecule has 0 radical (unpaired) electrons. The predicted molar refractivity (Wildman–Crippen MR) is 56.1 cm³/mol. The van der Waals surface area contributed by atoms with Gasteiger partial charge in [-0.15, -0.1) is 0 Å². The zero-order chi connectivity index (χ0) is 12.3. The normalized spacial score (nSPS) is 11.5. The van der Waals surface area contributed by atoms with E-state index in [2.05, 4.69) is 0 Å². The number of rotatable bonds is 4. The van der Waals surface area contributed by atoms with E-state index in [9.17, 15) is 13.6 Å². The van der Waals surface area contributed by atoms with Crippen molar-refractivity contribution in [1.82, 2.24) is 0 Å². The molecule has 0 amide bonds. The first-order valence-electron chi connectivity index (χ1n) is 5.00. The molecule has 0 heterocycles. The molecule has 2 nitrogen and oxygen atoms in total. The molecule has 88 valence electrons. The van der Waals surface area contributed by atoms with Crippen LogP contribution in [0.2, 0.25) is 0 Å². The summed E-state index contributed by atoms with van der Waals surface area (Å²) in [5.41, 5.74) is -0.559. The molecule has 16 heavy (non-hydrogen) atoms. The van der Waals surface area contributed by atoms with Gasteiger partial charge in [0.15, 0.2) is 0 Å². The maximum absolute atomic E-state index is 13.2. The lowest BCUT2D eigenvalue weighted by molar-refractivity contribution is -0.147. The number of aryl methyl sites for hydroxylation is 1. The van der Waals surface area contributed by atoms with E-state index in [0.717, 1.165) is 6.07 Å². The number of carboxylic acids is 1. The molecular weight excluding hydrogens is 214 g/mol. The van der Waals surface area contributed by atoms with Crippen LogP contribution in [0.15, 0.2) is 18.2 Å². The van der Waals surface area contributed by atoms with E-state index in [1.165, 1.54) is 12.1 Å². The summed E-state index contributed by atoms with van der Waals surface area (Å²) in [6.07, 6.45) is 0.594. The first kappa shape index (κ1) is 12.6. The fourth-order valence-corrected chi connectivity index (χ4v) is 1.28. The predicted octanol–water partition coefficient (Wildman–Crippen LogP) is 3.01. The fourth-order valence-electron chi connectivity index (χ4n) is 1.28. The van der Waals surface area contributed by atoms with Gasteiger partial charge in [0.25, 0.3) is 0 Å². The molecule has 0 aliphatic rings. The van der Waals surface area contributed by atoms with E-state index < -0.39 is 23.0 Å². The number of hydrogen-bond acceptors (Lipinski definition) is 1. The molecule has 1 aromatic carbocycles.